The molecule has 0 amide bonds. The van der Waals surface area contributed by atoms with Gasteiger partial charge in [-0.2, -0.15) is 11.8 Å². The molecule has 0 aliphatic carbocycles. The molecule has 0 spiro atoms. The normalized spacial score (nSPS) is 9.50. The number of benzene rings is 2. The predicted octanol–water partition coefficient (Wildman–Crippen LogP) is 3.30. The largest absolute Gasteiger partial charge is 0.412 e. The molecule has 2 aromatic carbocycles. The number of thioether (sulfide) groups is 1. The smallest absolute Gasteiger partial charge is 0.0187 e. The first kappa shape index (κ1) is 12.8. The molecule has 2 heteroatoms. The van der Waals surface area contributed by atoms with Crippen molar-refractivity contribution in [2.75, 3.05) is 0 Å². The van der Waals surface area contributed by atoms with Crippen LogP contribution in [0.4, 0.5) is 0 Å². The van der Waals surface area contributed by atoms with Gasteiger partial charge >= 0.3 is 0 Å². The van der Waals surface area contributed by atoms with E-state index in [1.165, 1.54) is 11.1 Å². The van der Waals surface area contributed by atoms with Crippen molar-refractivity contribution >= 4 is 11.8 Å². The van der Waals surface area contributed by atoms with E-state index in [4.69, 9.17) is 0 Å². The second kappa shape index (κ2) is 7.09. The Morgan fingerprint density at radius 1 is 0.625 bits per heavy atom. The lowest BCUT2D eigenvalue weighted by molar-refractivity contribution is 0.824. The van der Waals surface area contributed by atoms with Crippen molar-refractivity contribution < 1.29 is 5.48 Å². The third-order valence-electron chi connectivity index (χ3n) is 2.22. The number of hydrogen-bond acceptors (Lipinski definition) is 1. The van der Waals surface area contributed by atoms with Crippen LogP contribution in [-0.2, 0) is 11.5 Å². The lowest BCUT2D eigenvalue weighted by Gasteiger charge is -2.01. The minimum Gasteiger partial charge on any atom is -0.412 e. The summed E-state index contributed by atoms with van der Waals surface area (Å²) in [7, 11) is 0. The van der Waals surface area contributed by atoms with E-state index >= 15 is 0 Å². The molecule has 0 unspecified atom stereocenters. The molecule has 1 nitrogen and oxygen atoms in total. The van der Waals surface area contributed by atoms with Crippen molar-refractivity contribution in [1.29, 1.82) is 0 Å². The van der Waals surface area contributed by atoms with Crippen molar-refractivity contribution in [2.24, 2.45) is 0 Å². The maximum Gasteiger partial charge on any atom is 0.0187 e. The van der Waals surface area contributed by atoms with Crippen molar-refractivity contribution in [3.05, 3.63) is 71.8 Å². The second-order valence-electron chi connectivity index (χ2n) is 3.46. The van der Waals surface area contributed by atoms with E-state index in [9.17, 15) is 0 Å². The van der Waals surface area contributed by atoms with Crippen LogP contribution < -0.4 is 0 Å². The summed E-state index contributed by atoms with van der Waals surface area (Å²) in [6.45, 7) is 0. The third-order valence-corrected chi connectivity index (χ3v) is 3.30. The Hall–Kier alpha value is -1.25. The fourth-order valence-electron chi connectivity index (χ4n) is 1.44. The van der Waals surface area contributed by atoms with Gasteiger partial charge in [0.25, 0.3) is 0 Å². The van der Waals surface area contributed by atoms with E-state index in [-0.39, 0.29) is 5.48 Å². The fraction of sp³-hybridized carbons (Fsp3) is 0.143. The van der Waals surface area contributed by atoms with Crippen LogP contribution in [-0.4, -0.2) is 5.48 Å². The third kappa shape index (κ3) is 4.09. The Balaban J connectivity index is 0.00000128. The summed E-state index contributed by atoms with van der Waals surface area (Å²) in [5.74, 6) is 2.19. The van der Waals surface area contributed by atoms with Crippen LogP contribution >= 0.6 is 11.8 Å². The highest BCUT2D eigenvalue weighted by atomic mass is 32.2. The summed E-state index contributed by atoms with van der Waals surface area (Å²) in [4.78, 5) is 0. The first-order valence-corrected chi connectivity index (χ1v) is 6.26. The Morgan fingerprint density at radius 2 is 1.00 bits per heavy atom. The van der Waals surface area contributed by atoms with E-state index in [1.807, 2.05) is 11.8 Å². The molecular weight excluding hydrogens is 216 g/mol. The van der Waals surface area contributed by atoms with E-state index in [2.05, 4.69) is 60.7 Å². The molecule has 0 fully saturated rings. The van der Waals surface area contributed by atoms with Gasteiger partial charge in [0.05, 0.1) is 0 Å². The number of rotatable bonds is 4. The maximum absolute atomic E-state index is 2.18. The molecule has 0 heterocycles. The van der Waals surface area contributed by atoms with Gasteiger partial charge in [0, 0.05) is 11.5 Å². The van der Waals surface area contributed by atoms with Crippen LogP contribution in [0.3, 0.4) is 0 Å². The zero-order valence-corrected chi connectivity index (χ0v) is 9.91. The minimum absolute atomic E-state index is 0. The SMILES string of the molecule is O.c1ccc(CSCc2ccccc2)cc1. The summed E-state index contributed by atoms with van der Waals surface area (Å²) in [6.07, 6.45) is 0. The van der Waals surface area contributed by atoms with Crippen LogP contribution in [0.2, 0.25) is 0 Å². The quantitative estimate of drug-likeness (QED) is 0.795. The molecule has 0 bridgehead atoms. The van der Waals surface area contributed by atoms with Crippen LogP contribution in [0.5, 0.6) is 0 Å². The fourth-order valence-corrected chi connectivity index (χ4v) is 2.39. The standard InChI is InChI=1S/C14H14S.H2O/c1-3-7-13(8-4-1)11-15-12-14-9-5-2-6-10-14;/h1-10H,11-12H2;1H2. The molecular formula is C14H16OS. The average molecular weight is 232 g/mol. The van der Waals surface area contributed by atoms with Gasteiger partial charge in [-0.25, -0.2) is 0 Å². The number of hydrogen-bond donors (Lipinski definition) is 0. The van der Waals surface area contributed by atoms with Crippen LogP contribution in [0.1, 0.15) is 11.1 Å². The maximum atomic E-state index is 2.18. The lowest BCUT2D eigenvalue weighted by atomic mass is 10.2. The highest BCUT2D eigenvalue weighted by molar-refractivity contribution is 7.97. The molecule has 84 valence electrons. The molecule has 0 saturated carbocycles. The van der Waals surface area contributed by atoms with Gasteiger partial charge in [-0.3, -0.25) is 0 Å². The van der Waals surface area contributed by atoms with Crippen molar-refractivity contribution in [1.82, 2.24) is 0 Å². The summed E-state index contributed by atoms with van der Waals surface area (Å²) in [5.41, 5.74) is 2.80. The summed E-state index contributed by atoms with van der Waals surface area (Å²) >= 11 is 1.96. The highest BCUT2D eigenvalue weighted by Gasteiger charge is 1.93. The molecule has 0 aliphatic rings. The van der Waals surface area contributed by atoms with Gasteiger partial charge in [0.15, 0.2) is 0 Å². The van der Waals surface area contributed by atoms with Gasteiger partial charge in [-0.1, -0.05) is 60.7 Å². The van der Waals surface area contributed by atoms with Crippen LogP contribution in [0, 0.1) is 0 Å². The van der Waals surface area contributed by atoms with Gasteiger partial charge in [-0.05, 0) is 11.1 Å². The highest BCUT2D eigenvalue weighted by Crippen LogP contribution is 2.17. The van der Waals surface area contributed by atoms with E-state index in [0.29, 0.717) is 0 Å². The average Bonchev–Trinajstić information content (AvgIpc) is 2.32. The Morgan fingerprint density at radius 3 is 1.38 bits per heavy atom. The molecule has 0 aromatic heterocycles. The molecule has 0 atom stereocenters. The predicted molar refractivity (Wildman–Crippen MR) is 71.5 cm³/mol. The molecule has 2 N–H and O–H groups in total. The van der Waals surface area contributed by atoms with Crippen molar-refractivity contribution in [3.8, 4) is 0 Å². The zero-order chi connectivity index (χ0) is 10.3. The Kier molecular flexibility index (Phi) is 5.68. The van der Waals surface area contributed by atoms with Crippen molar-refractivity contribution in [3.63, 3.8) is 0 Å². The first-order chi connectivity index (χ1) is 7.45. The summed E-state index contributed by atoms with van der Waals surface area (Å²) < 4.78 is 0. The van der Waals surface area contributed by atoms with E-state index in [0.717, 1.165) is 11.5 Å². The Bertz CT molecular complexity index is 346. The molecule has 16 heavy (non-hydrogen) atoms. The topological polar surface area (TPSA) is 31.5 Å². The van der Waals surface area contributed by atoms with Gasteiger partial charge < -0.3 is 5.48 Å². The lowest BCUT2D eigenvalue weighted by Crippen LogP contribution is -1.82. The monoisotopic (exact) mass is 232 g/mol. The minimum atomic E-state index is 0. The molecule has 2 aromatic rings. The van der Waals surface area contributed by atoms with Gasteiger partial charge in [-0.15, -0.1) is 0 Å². The summed E-state index contributed by atoms with van der Waals surface area (Å²) in [6, 6.07) is 21.2. The Labute approximate surface area is 101 Å². The zero-order valence-electron chi connectivity index (χ0n) is 9.10. The van der Waals surface area contributed by atoms with E-state index < -0.39 is 0 Å². The van der Waals surface area contributed by atoms with Crippen LogP contribution in [0.15, 0.2) is 60.7 Å². The van der Waals surface area contributed by atoms with Crippen molar-refractivity contribution in [2.45, 2.75) is 11.5 Å². The van der Waals surface area contributed by atoms with E-state index in [1.54, 1.807) is 0 Å². The van der Waals surface area contributed by atoms with Gasteiger partial charge in [0.2, 0.25) is 0 Å². The van der Waals surface area contributed by atoms with Crippen LogP contribution in [0.25, 0.3) is 0 Å². The molecule has 0 radical (unpaired) electrons. The molecule has 0 aliphatic heterocycles. The molecule has 2 rings (SSSR count). The first-order valence-electron chi connectivity index (χ1n) is 5.11. The second-order valence-corrected chi connectivity index (χ2v) is 4.45. The molecule has 0 saturated heterocycles. The van der Waals surface area contributed by atoms with Gasteiger partial charge in [0.1, 0.15) is 0 Å². The summed E-state index contributed by atoms with van der Waals surface area (Å²) in [5, 5.41) is 0.